The molecule has 1 heterocycles. The highest BCUT2D eigenvalue weighted by atomic mass is 16.6. The standard InChI is InChI=1S/C16H16N4O4/c21-15(12-4-6-14(7-5-12)20(23)24)18-9-2-10-19-16(22)13-3-1-8-17-11-13/h1,3-8,11H,2,9-10H2,(H,18,21)(H,19,22). The normalized spacial score (nSPS) is 10.0. The lowest BCUT2D eigenvalue weighted by Gasteiger charge is -2.07. The fourth-order valence-electron chi connectivity index (χ4n) is 1.93. The molecule has 0 aliphatic rings. The number of carbonyl (C=O) groups is 2. The first-order valence-corrected chi connectivity index (χ1v) is 7.29. The van der Waals surface area contributed by atoms with Gasteiger partial charge in [-0.15, -0.1) is 0 Å². The minimum Gasteiger partial charge on any atom is -0.352 e. The molecule has 24 heavy (non-hydrogen) atoms. The fraction of sp³-hybridized carbons (Fsp3) is 0.188. The molecule has 0 saturated heterocycles. The van der Waals surface area contributed by atoms with E-state index in [2.05, 4.69) is 15.6 Å². The summed E-state index contributed by atoms with van der Waals surface area (Å²) in [5, 5.41) is 16.0. The third kappa shape index (κ3) is 4.87. The topological polar surface area (TPSA) is 114 Å². The molecule has 2 aromatic rings. The Morgan fingerprint density at radius 1 is 1.00 bits per heavy atom. The molecule has 0 fully saturated rings. The van der Waals surface area contributed by atoms with Crippen LogP contribution in [-0.2, 0) is 0 Å². The second kappa shape index (κ2) is 8.37. The van der Waals surface area contributed by atoms with Crippen molar-refractivity contribution >= 4 is 17.5 Å². The van der Waals surface area contributed by atoms with E-state index >= 15 is 0 Å². The number of non-ortho nitro benzene ring substituents is 1. The van der Waals surface area contributed by atoms with E-state index in [0.29, 0.717) is 30.6 Å². The van der Waals surface area contributed by atoms with Crippen molar-refractivity contribution in [3.8, 4) is 0 Å². The summed E-state index contributed by atoms with van der Waals surface area (Å²) in [6.45, 7) is 0.789. The van der Waals surface area contributed by atoms with Crippen molar-refractivity contribution < 1.29 is 14.5 Å². The van der Waals surface area contributed by atoms with Crippen LogP contribution in [0.5, 0.6) is 0 Å². The van der Waals surface area contributed by atoms with Gasteiger partial charge >= 0.3 is 0 Å². The summed E-state index contributed by atoms with van der Waals surface area (Å²) < 4.78 is 0. The number of rotatable bonds is 7. The SMILES string of the molecule is O=C(NCCCNC(=O)c1cccnc1)c1ccc([N+](=O)[O-])cc1. The van der Waals surface area contributed by atoms with Gasteiger partial charge in [0, 0.05) is 43.2 Å². The lowest BCUT2D eigenvalue weighted by atomic mass is 10.2. The van der Waals surface area contributed by atoms with E-state index < -0.39 is 4.92 Å². The third-order valence-electron chi connectivity index (χ3n) is 3.19. The highest BCUT2D eigenvalue weighted by Gasteiger charge is 2.09. The quantitative estimate of drug-likeness (QED) is 0.454. The number of hydrogen-bond acceptors (Lipinski definition) is 5. The van der Waals surface area contributed by atoms with Crippen molar-refractivity contribution in [1.29, 1.82) is 0 Å². The molecule has 0 atom stereocenters. The van der Waals surface area contributed by atoms with Gasteiger partial charge < -0.3 is 10.6 Å². The first-order chi connectivity index (χ1) is 11.6. The van der Waals surface area contributed by atoms with Gasteiger partial charge in [-0.25, -0.2) is 0 Å². The van der Waals surface area contributed by atoms with Crippen molar-refractivity contribution in [2.45, 2.75) is 6.42 Å². The van der Waals surface area contributed by atoms with Crippen molar-refractivity contribution in [2.24, 2.45) is 0 Å². The van der Waals surface area contributed by atoms with Crippen LogP contribution >= 0.6 is 0 Å². The Labute approximate surface area is 138 Å². The molecule has 124 valence electrons. The molecule has 0 unspecified atom stereocenters. The summed E-state index contributed by atoms with van der Waals surface area (Å²) in [7, 11) is 0. The molecule has 2 N–H and O–H groups in total. The summed E-state index contributed by atoms with van der Waals surface area (Å²) in [4.78, 5) is 37.5. The third-order valence-corrected chi connectivity index (χ3v) is 3.19. The minimum atomic E-state index is -0.521. The van der Waals surface area contributed by atoms with Crippen LogP contribution in [0.2, 0.25) is 0 Å². The van der Waals surface area contributed by atoms with Crippen LogP contribution in [-0.4, -0.2) is 34.8 Å². The average Bonchev–Trinajstić information content (AvgIpc) is 2.62. The highest BCUT2D eigenvalue weighted by molar-refractivity contribution is 5.94. The Balaban J connectivity index is 1.69. The molecule has 8 heteroatoms. The van der Waals surface area contributed by atoms with Gasteiger partial charge in [-0.1, -0.05) is 0 Å². The zero-order chi connectivity index (χ0) is 17.4. The maximum absolute atomic E-state index is 11.9. The molecule has 0 saturated carbocycles. The molecule has 2 rings (SSSR count). The van der Waals surface area contributed by atoms with Gasteiger partial charge in [0.25, 0.3) is 17.5 Å². The molecule has 0 radical (unpaired) electrons. The van der Waals surface area contributed by atoms with Gasteiger partial charge in [-0.05, 0) is 30.7 Å². The van der Waals surface area contributed by atoms with E-state index in [9.17, 15) is 19.7 Å². The second-order valence-electron chi connectivity index (χ2n) is 4.91. The Morgan fingerprint density at radius 3 is 2.17 bits per heavy atom. The molecule has 0 aliphatic carbocycles. The van der Waals surface area contributed by atoms with Crippen LogP contribution in [0, 0.1) is 10.1 Å². The van der Waals surface area contributed by atoms with Crippen LogP contribution in [0.25, 0.3) is 0 Å². The highest BCUT2D eigenvalue weighted by Crippen LogP contribution is 2.11. The summed E-state index contributed by atoms with van der Waals surface area (Å²) >= 11 is 0. The lowest BCUT2D eigenvalue weighted by molar-refractivity contribution is -0.384. The molecule has 0 spiro atoms. The number of nitrogens with one attached hydrogen (secondary N) is 2. The first-order valence-electron chi connectivity index (χ1n) is 7.29. The zero-order valence-electron chi connectivity index (χ0n) is 12.8. The summed E-state index contributed by atoms with van der Waals surface area (Å²) in [6, 6.07) is 8.71. The number of nitro groups is 1. The maximum atomic E-state index is 11.9. The van der Waals surface area contributed by atoms with Crippen LogP contribution < -0.4 is 10.6 Å². The predicted octanol–water partition coefficient (Wildman–Crippen LogP) is 1.54. The number of nitrogens with zero attached hydrogens (tertiary/aromatic N) is 2. The van der Waals surface area contributed by atoms with E-state index in [-0.39, 0.29) is 17.5 Å². The van der Waals surface area contributed by atoms with Gasteiger partial charge in [0.15, 0.2) is 0 Å². The van der Waals surface area contributed by atoms with E-state index in [0.717, 1.165) is 0 Å². The Kier molecular flexibility index (Phi) is 5.95. The predicted molar refractivity (Wildman–Crippen MR) is 86.6 cm³/mol. The van der Waals surface area contributed by atoms with E-state index in [1.165, 1.54) is 30.5 Å². The van der Waals surface area contributed by atoms with Gasteiger partial charge in [0.2, 0.25) is 0 Å². The van der Waals surface area contributed by atoms with Crippen LogP contribution in [0.3, 0.4) is 0 Å². The molecule has 0 bridgehead atoms. The van der Waals surface area contributed by atoms with Crippen LogP contribution in [0.15, 0.2) is 48.8 Å². The Hall–Kier alpha value is -3.29. The van der Waals surface area contributed by atoms with E-state index in [1.807, 2.05) is 0 Å². The molecule has 1 aromatic heterocycles. The summed E-state index contributed by atoms with van der Waals surface area (Å²) in [5.41, 5.74) is 0.761. The van der Waals surface area contributed by atoms with Crippen LogP contribution in [0.1, 0.15) is 27.1 Å². The monoisotopic (exact) mass is 328 g/mol. The molecular formula is C16H16N4O4. The lowest BCUT2D eigenvalue weighted by Crippen LogP contribution is -2.29. The zero-order valence-corrected chi connectivity index (χ0v) is 12.8. The molecule has 1 aromatic carbocycles. The molecule has 0 aliphatic heterocycles. The van der Waals surface area contributed by atoms with Gasteiger partial charge in [-0.2, -0.15) is 0 Å². The van der Waals surface area contributed by atoms with Gasteiger partial charge in [0.1, 0.15) is 0 Å². The number of carbonyl (C=O) groups excluding carboxylic acids is 2. The Bertz CT molecular complexity index is 717. The number of benzene rings is 1. The summed E-state index contributed by atoms with van der Waals surface area (Å²) in [6.07, 6.45) is 3.63. The average molecular weight is 328 g/mol. The maximum Gasteiger partial charge on any atom is 0.269 e. The minimum absolute atomic E-state index is 0.0651. The van der Waals surface area contributed by atoms with Crippen molar-refractivity contribution in [2.75, 3.05) is 13.1 Å². The van der Waals surface area contributed by atoms with Gasteiger partial charge in [-0.3, -0.25) is 24.7 Å². The first kappa shape index (κ1) is 17.1. The number of pyridine rings is 1. The van der Waals surface area contributed by atoms with Crippen molar-refractivity contribution in [1.82, 2.24) is 15.6 Å². The smallest absolute Gasteiger partial charge is 0.269 e. The Morgan fingerprint density at radius 2 is 1.62 bits per heavy atom. The summed E-state index contributed by atoms with van der Waals surface area (Å²) in [5.74, 6) is -0.534. The number of amides is 2. The van der Waals surface area contributed by atoms with Gasteiger partial charge in [0.05, 0.1) is 10.5 Å². The number of nitro benzene ring substituents is 1. The molecule has 2 amide bonds. The number of hydrogen-bond donors (Lipinski definition) is 2. The molecule has 8 nitrogen and oxygen atoms in total. The van der Waals surface area contributed by atoms with Crippen molar-refractivity contribution in [3.63, 3.8) is 0 Å². The largest absolute Gasteiger partial charge is 0.352 e. The van der Waals surface area contributed by atoms with E-state index in [4.69, 9.17) is 0 Å². The second-order valence-corrected chi connectivity index (χ2v) is 4.91. The van der Waals surface area contributed by atoms with Crippen molar-refractivity contribution in [3.05, 3.63) is 70.0 Å². The van der Waals surface area contributed by atoms with E-state index in [1.54, 1.807) is 18.3 Å². The molecular weight excluding hydrogens is 312 g/mol. The fourth-order valence-corrected chi connectivity index (χ4v) is 1.93. The van der Waals surface area contributed by atoms with Crippen LogP contribution in [0.4, 0.5) is 5.69 Å². The number of aromatic nitrogens is 1.